The summed E-state index contributed by atoms with van der Waals surface area (Å²) in [6, 6.07) is 5.18. The molecule has 1 atom stereocenters. The molecule has 2 aromatic rings. The number of hydrogen-bond acceptors (Lipinski definition) is 3. The molecule has 25 heavy (non-hydrogen) atoms. The zero-order valence-corrected chi connectivity index (χ0v) is 14.5. The highest BCUT2D eigenvalue weighted by atomic mass is 19.1. The van der Waals surface area contributed by atoms with Crippen LogP contribution in [0.5, 0.6) is 0 Å². The van der Waals surface area contributed by atoms with Crippen LogP contribution in [0.2, 0.25) is 0 Å². The van der Waals surface area contributed by atoms with Crippen LogP contribution in [-0.4, -0.2) is 34.5 Å². The third-order valence-electron chi connectivity index (χ3n) is 5.23. The van der Waals surface area contributed by atoms with Crippen LogP contribution < -0.4 is 0 Å². The Labute approximate surface area is 147 Å². The molecule has 0 fully saturated rings. The van der Waals surface area contributed by atoms with Gasteiger partial charge in [-0.15, -0.1) is 0 Å². The third kappa shape index (κ3) is 3.27. The second-order valence-electron chi connectivity index (χ2n) is 6.83. The summed E-state index contributed by atoms with van der Waals surface area (Å²) in [6.45, 7) is 5.28. The number of nitrogens with zero attached hydrogens (tertiary/aromatic N) is 3. The zero-order valence-electron chi connectivity index (χ0n) is 14.5. The van der Waals surface area contributed by atoms with Crippen molar-refractivity contribution in [3.8, 4) is 0 Å². The molecule has 2 aliphatic rings. The van der Waals surface area contributed by atoms with Gasteiger partial charge in [0.1, 0.15) is 5.82 Å². The number of benzene rings is 1. The van der Waals surface area contributed by atoms with Crippen molar-refractivity contribution in [1.82, 2.24) is 14.9 Å². The highest BCUT2D eigenvalue weighted by Gasteiger charge is 2.27. The summed E-state index contributed by atoms with van der Waals surface area (Å²) in [5.41, 5.74) is 5.96. The SMILES string of the molecule is CC(C1=C(CCN2CC=CC2)Cc2cc(F)ccc21)c1cnccn1. The molecule has 0 saturated heterocycles. The summed E-state index contributed by atoms with van der Waals surface area (Å²) in [6.07, 6.45) is 11.6. The van der Waals surface area contributed by atoms with E-state index in [0.717, 1.165) is 43.7 Å². The van der Waals surface area contributed by atoms with Gasteiger partial charge in [-0.1, -0.05) is 30.7 Å². The average molecular weight is 335 g/mol. The van der Waals surface area contributed by atoms with E-state index in [0.29, 0.717) is 0 Å². The van der Waals surface area contributed by atoms with Crippen LogP contribution in [0.1, 0.15) is 36.1 Å². The monoisotopic (exact) mass is 335 g/mol. The van der Waals surface area contributed by atoms with Crippen LogP contribution >= 0.6 is 0 Å². The second-order valence-corrected chi connectivity index (χ2v) is 6.83. The van der Waals surface area contributed by atoms with E-state index in [9.17, 15) is 4.39 Å². The molecule has 128 valence electrons. The first-order valence-electron chi connectivity index (χ1n) is 8.86. The maximum absolute atomic E-state index is 13.7. The van der Waals surface area contributed by atoms with E-state index in [2.05, 4.69) is 33.9 Å². The Morgan fingerprint density at radius 3 is 2.80 bits per heavy atom. The summed E-state index contributed by atoms with van der Waals surface area (Å²) in [4.78, 5) is 11.1. The lowest BCUT2D eigenvalue weighted by Gasteiger charge is -2.19. The summed E-state index contributed by atoms with van der Waals surface area (Å²) < 4.78 is 13.7. The van der Waals surface area contributed by atoms with E-state index in [4.69, 9.17) is 0 Å². The fourth-order valence-electron chi connectivity index (χ4n) is 3.93. The van der Waals surface area contributed by atoms with Gasteiger partial charge in [0.05, 0.1) is 5.69 Å². The lowest BCUT2D eigenvalue weighted by Crippen LogP contribution is -2.21. The van der Waals surface area contributed by atoms with Crippen molar-refractivity contribution >= 4 is 5.57 Å². The van der Waals surface area contributed by atoms with Crippen LogP contribution in [0.3, 0.4) is 0 Å². The fraction of sp³-hybridized carbons (Fsp3) is 0.333. The normalized spacial score (nSPS) is 18.0. The molecule has 2 heterocycles. The highest BCUT2D eigenvalue weighted by molar-refractivity contribution is 5.80. The van der Waals surface area contributed by atoms with Crippen LogP contribution in [0.15, 0.2) is 54.5 Å². The van der Waals surface area contributed by atoms with Crippen LogP contribution in [-0.2, 0) is 6.42 Å². The second kappa shape index (κ2) is 6.89. The predicted octanol–water partition coefficient (Wildman–Crippen LogP) is 3.99. The molecule has 4 heteroatoms. The van der Waals surface area contributed by atoms with Gasteiger partial charge in [-0.3, -0.25) is 14.9 Å². The van der Waals surface area contributed by atoms with Gasteiger partial charge in [-0.25, -0.2) is 4.39 Å². The minimum atomic E-state index is -0.157. The molecule has 1 aromatic heterocycles. The van der Waals surface area contributed by atoms with Gasteiger partial charge in [0, 0.05) is 44.1 Å². The molecular formula is C21H22FN3. The van der Waals surface area contributed by atoms with Gasteiger partial charge in [0.2, 0.25) is 0 Å². The number of aromatic nitrogens is 2. The fourth-order valence-corrected chi connectivity index (χ4v) is 3.93. The molecule has 0 N–H and O–H groups in total. The van der Waals surface area contributed by atoms with Crippen molar-refractivity contribution < 1.29 is 4.39 Å². The number of fused-ring (bicyclic) bond motifs is 1. The summed E-state index contributed by atoms with van der Waals surface area (Å²) in [7, 11) is 0. The molecule has 3 nitrogen and oxygen atoms in total. The van der Waals surface area contributed by atoms with Crippen molar-refractivity contribution in [2.24, 2.45) is 0 Å². The Kier molecular flexibility index (Phi) is 4.45. The largest absolute Gasteiger partial charge is 0.296 e. The Bertz CT molecular complexity index is 818. The van der Waals surface area contributed by atoms with E-state index in [1.807, 2.05) is 12.3 Å². The van der Waals surface area contributed by atoms with Crippen LogP contribution in [0, 0.1) is 5.82 Å². The molecule has 0 radical (unpaired) electrons. The molecule has 1 unspecified atom stereocenters. The van der Waals surface area contributed by atoms with Gasteiger partial charge >= 0.3 is 0 Å². The standard InChI is InChI=1S/C21H22FN3/c1-15(20-14-23-7-8-24-20)21-16(6-11-25-9-2-3-10-25)12-17-13-18(22)4-5-19(17)21/h2-5,7-8,13-15H,6,9-12H2,1H3. The quantitative estimate of drug-likeness (QED) is 0.774. The maximum atomic E-state index is 13.7. The molecule has 1 aromatic carbocycles. The third-order valence-corrected chi connectivity index (χ3v) is 5.23. The average Bonchev–Trinajstić information content (AvgIpc) is 3.27. The van der Waals surface area contributed by atoms with Gasteiger partial charge in [-0.2, -0.15) is 0 Å². The van der Waals surface area contributed by atoms with E-state index in [1.165, 1.54) is 16.7 Å². The summed E-state index contributed by atoms with van der Waals surface area (Å²) >= 11 is 0. The Morgan fingerprint density at radius 1 is 1.20 bits per heavy atom. The topological polar surface area (TPSA) is 29.0 Å². The first-order chi connectivity index (χ1) is 12.2. The minimum Gasteiger partial charge on any atom is -0.296 e. The van der Waals surface area contributed by atoms with E-state index < -0.39 is 0 Å². The van der Waals surface area contributed by atoms with Gasteiger partial charge in [0.25, 0.3) is 0 Å². The zero-order chi connectivity index (χ0) is 17.2. The molecule has 4 rings (SSSR count). The first-order valence-corrected chi connectivity index (χ1v) is 8.86. The van der Waals surface area contributed by atoms with Crippen LogP contribution in [0.25, 0.3) is 5.57 Å². The highest BCUT2D eigenvalue weighted by Crippen LogP contribution is 2.42. The number of allylic oxidation sites excluding steroid dienone is 1. The van der Waals surface area contributed by atoms with E-state index in [-0.39, 0.29) is 11.7 Å². The van der Waals surface area contributed by atoms with Crippen molar-refractivity contribution in [2.75, 3.05) is 19.6 Å². The van der Waals surface area contributed by atoms with Gasteiger partial charge < -0.3 is 0 Å². The molecule has 0 saturated carbocycles. The van der Waals surface area contributed by atoms with E-state index >= 15 is 0 Å². The Morgan fingerprint density at radius 2 is 2.04 bits per heavy atom. The predicted molar refractivity (Wildman–Crippen MR) is 97.7 cm³/mol. The molecular weight excluding hydrogens is 313 g/mol. The summed E-state index contributed by atoms with van der Waals surface area (Å²) in [5, 5.41) is 0. The molecule has 0 spiro atoms. The Balaban J connectivity index is 1.66. The Hall–Kier alpha value is -2.33. The van der Waals surface area contributed by atoms with Crippen LogP contribution in [0.4, 0.5) is 4.39 Å². The molecule has 0 amide bonds. The summed E-state index contributed by atoms with van der Waals surface area (Å²) in [5.74, 6) is 0.00219. The minimum absolute atomic E-state index is 0.157. The molecule has 0 bridgehead atoms. The van der Waals surface area contributed by atoms with Crippen molar-refractivity contribution in [3.63, 3.8) is 0 Å². The number of rotatable bonds is 5. The number of hydrogen-bond donors (Lipinski definition) is 0. The lowest BCUT2D eigenvalue weighted by molar-refractivity contribution is 0.356. The van der Waals surface area contributed by atoms with Gasteiger partial charge in [0.15, 0.2) is 0 Å². The smallest absolute Gasteiger partial charge is 0.123 e. The molecule has 1 aliphatic carbocycles. The van der Waals surface area contributed by atoms with Gasteiger partial charge in [-0.05, 0) is 41.7 Å². The van der Waals surface area contributed by atoms with Crippen molar-refractivity contribution in [1.29, 1.82) is 0 Å². The van der Waals surface area contributed by atoms with Crippen molar-refractivity contribution in [2.45, 2.75) is 25.7 Å². The van der Waals surface area contributed by atoms with Crippen molar-refractivity contribution in [3.05, 3.63) is 77.2 Å². The first kappa shape index (κ1) is 16.2. The number of halogens is 1. The lowest BCUT2D eigenvalue weighted by atomic mass is 9.90. The van der Waals surface area contributed by atoms with E-state index in [1.54, 1.807) is 24.5 Å². The molecule has 1 aliphatic heterocycles. The maximum Gasteiger partial charge on any atom is 0.123 e.